The van der Waals surface area contributed by atoms with Crippen LogP contribution in [-0.4, -0.2) is 72.9 Å². The van der Waals surface area contributed by atoms with Crippen LogP contribution in [0.15, 0.2) is 59.6 Å². The van der Waals surface area contributed by atoms with Gasteiger partial charge in [-0.15, -0.1) is 0 Å². The van der Waals surface area contributed by atoms with E-state index in [-0.39, 0.29) is 12.6 Å². The highest BCUT2D eigenvalue weighted by Crippen LogP contribution is 2.20. The Kier molecular flexibility index (Phi) is 16.7. The van der Waals surface area contributed by atoms with Gasteiger partial charge < -0.3 is 28.7 Å². The molecule has 42 heavy (non-hydrogen) atoms. The molecule has 0 aliphatic rings. The fourth-order valence-corrected chi connectivity index (χ4v) is 3.76. The summed E-state index contributed by atoms with van der Waals surface area (Å²) < 4.78 is 22.3. The van der Waals surface area contributed by atoms with Crippen LogP contribution < -0.4 is 4.74 Å². The number of methoxy groups -OCH3 is 1. The summed E-state index contributed by atoms with van der Waals surface area (Å²) in [7, 11) is 1.61. The first-order chi connectivity index (χ1) is 20.1. The van der Waals surface area contributed by atoms with E-state index in [2.05, 4.69) is 4.99 Å². The summed E-state index contributed by atoms with van der Waals surface area (Å²) in [5.74, 6) is 1.37. The maximum atomic E-state index is 13.1. The van der Waals surface area contributed by atoms with E-state index in [0.29, 0.717) is 50.7 Å². The second-order valence-corrected chi connectivity index (χ2v) is 10.3. The number of hydrogen-bond acceptors (Lipinski definition) is 7. The number of aliphatic imine (C=N–C) groups is 1. The third-order valence-corrected chi connectivity index (χ3v) is 6.05. The first-order valence-corrected chi connectivity index (χ1v) is 14.9. The molecule has 9 nitrogen and oxygen atoms in total. The number of carbonyl (C=O) groups excluding carboxylic acids is 2. The number of amides is 2. The highest BCUT2D eigenvalue weighted by molar-refractivity contribution is 5.78. The minimum atomic E-state index is -0.644. The van der Waals surface area contributed by atoms with Crippen LogP contribution >= 0.6 is 0 Å². The van der Waals surface area contributed by atoms with E-state index in [1.807, 2.05) is 110 Å². The number of ether oxygens (including phenoxy) is 4. The Bertz CT molecular complexity index is 1060. The van der Waals surface area contributed by atoms with Crippen molar-refractivity contribution in [2.75, 3.05) is 33.4 Å². The predicted octanol–water partition coefficient (Wildman–Crippen LogP) is 7.85. The Morgan fingerprint density at radius 2 is 1.57 bits per heavy atom. The maximum Gasteiger partial charge on any atom is 0.410 e. The normalized spacial score (nSPS) is 11.9. The Labute approximate surface area is 252 Å². The molecule has 0 bridgehead atoms. The van der Waals surface area contributed by atoms with Crippen molar-refractivity contribution >= 4 is 23.8 Å². The zero-order valence-electron chi connectivity index (χ0n) is 27.0. The molecule has 9 heteroatoms. The Morgan fingerprint density at radius 1 is 0.929 bits per heavy atom. The van der Waals surface area contributed by atoms with Gasteiger partial charge in [0.15, 0.2) is 5.90 Å². The van der Waals surface area contributed by atoms with E-state index < -0.39 is 17.8 Å². The first kappa shape index (κ1) is 36.3. The number of nitrogens with zero attached hydrogens (tertiary/aromatic N) is 3. The minimum absolute atomic E-state index is 0.188. The van der Waals surface area contributed by atoms with Gasteiger partial charge in [0.2, 0.25) is 0 Å². The molecule has 0 saturated carbocycles. The van der Waals surface area contributed by atoms with Crippen LogP contribution in [0.4, 0.5) is 15.3 Å². The summed E-state index contributed by atoms with van der Waals surface area (Å²) in [4.78, 5) is 33.5. The van der Waals surface area contributed by atoms with Crippen LogP contribution in [0.1, 0.15) is 73.8 Å². The van der Waals surface area contributed by atoms with Crippen LogP contribution in [0.3, 0.4) is 0 Å². The van der Waals surface area contributed by atoms with Crippen molar-refractivity contribution < 1.29 is 28.5 Å². The van der Waals surface area contributed by atoms with Gasteiger partial charge in [0.25, 0.3) is 0 Å². The molecule has 0 aliphatic heterocycles. The van der Waals surface area contributed by atoms with Gasteiger partial charge in [-0.2, -0.15) is 0 Å². The molecular formula is C33H51N3O6. The van der Waals surface area contributed by atoms with Gasteiger partial charge in [0, 0.05) is 38.5 Å². The second kappa shape index (κ2) is 19.4. The molecule has 0 spiro atoms. The molecule has 0 fully saturated rings. The van der Waals surface area contributed by atoms with E-state index in [9.17, 15) is 9.59 Å². The standard InChI is InChI=1S/C31H45N3O6.C2H6/c1-8-28(37-7)32-26-15-17-27(18-16-26)38-22-19-24(3)34(30(36)40-31(4,5)6)21-20-33(9-2)29(35)39-23-25-13-11-10-12-14-25;1-2/h10-18,24H,8-9,19-23H2,1-7H3;1-2H3. The molecule has 0 radical (unpaired) electrons. The molecule has 0 heterocycles. The summed E-state index contributed by atoms with van der Waals surface area (Å²) >= 11 is 0. The lowest BCUT2D eigenvalue weighted by atomic mass is 10.2. The smallest absolute Gasteiger partial charge is 0.410 e. The van der Waals surface area contributed by atoms with Crippen LogP contribution in [0.2, 0.25) is 0 Å². The van der Waals surface area contributed by atoms with E-state index in [4.69, 9.17) is 18.9 Å². The fourth-order valence-electron chi connectivity index (χ4n) is 3.76. The minimum Gasteiger partial charge on any atom is -0.494 e. The van der Waals surface area contributed by atoms with Gasteiger partial charge in [-0.25, -0.2) is 14.6 Å². The van der Waals surface area contributed by atoms with E-state index in [1.54, 1.807) is 16.9 Å². The number of likely N-dealkylation sites (N-methyl/N-ethyl adjacent to an activating group) is 1. The van der Waals surface area contributed by atoms with Crippen molar-refractivity contribution in [1.29, 1.82) is 0 Å². The molecule has 0 saturated heterocycles. The van der Waals surface area contributed by atoms with Crippen LogP contribution in [0.5, 0.6) is 5.75 Å². The quantitative estimate of drug-likeness (QED) is 0.176. The zero-order chi connectivity index (χ0) is 31.5. The molecule has 0 aromatic heterocycles. The van der Waals surface area contributed by atoms with Gasteiger partial charge >= 0.3 is 12.2 Å². The van der Waals surface area contributed by atoms with Crippen molar-refractivity contribution in [3.05, 3.63) is 60.2 Å². The summed E-state index contributed by atoms with van der Waals surface area (Å²) in [5.41, 5.74) is 1.06. The van der Waals surface area contributed by atoms with Gasteiger partial charge in [0.05, 0.1) is 19.4 Å². The van der Waals surface area contributed by atoms with Crippen molar-refractivity contribution in [3.8, 4) is 5.75 Å². The number of carbonyl (C=O) groups is 2. The lowest BCUT2D eigenvalue weighted by Crippen LogP contribution is -2.47. The lowest BCUT2D eigenvalue weighted by Gasteiger charge is -2.33. The summed E-state index contributed by atoms with van der Waals surface area (Å²) in [6.45, 7) is 17.0. The largest absolute Gasteiger partial charge is 0.494 e. The van der Waals surface area contributed by atoms with Crippen molar-refractivity contribution in [3.63, 3.8) is 0 Å². The molecular weight excluding hydrogens is 534 g/mol. The molecule has 0 N–H and O–H groups in total. The Hall–Kier alpha value is -3.75. The molecule has 2 aromatic carbocycles. The fraction of sp³-hybridized carbons (Fsp3) is 0.545. The zero-order valence-corrected chi connectivity index (χ0v) is 27.0. The predicted molar refractivity (Wildman–Crippen MR) is 169 cm³/mol. The average Bonchev–Trinajstić information content (AvgIpc) is 2.98. The van der Waals surface area contributed by atoms with Gasteiger partial charge in [-0.1, -0.05) is 51.1 Å². The summed E-state index contributed by atoms with van der Waals surface area (Å²) in [6, 6.07) is 16.8. The van der Waals surface area contributed by atoms with Crippen molar-refractivity contribution in [1.82, 2.24) is 9.80 Å². The second-order valence-electron chi connectivity index (χ2n) is 10.3. The van der Waals surface area contributed by atoms with Crippen molar-refractivity contribution in [2.24, 2.45) is 4.99 Å². The number of benzene rings is 2. The van der Waals surface area contributed by atoms with Crippen LogP contribution in [0, 0.1) is 0 Å². The molecule has 2 aromatic rings. The van der Waals surface area contributed by atoms with Gasteiger partial charge in [-0.3, -0.25) is 0 Å². The molecule has 1 unspecified atom stereocenters. The van der Waals surface area contributed by atoms with E-state index in [0.717, 1.165) is 11.3 Å². The van der Waals surface area contributed by atoms with E-state index >= 15 is 0 Å². The third kappa shape index (κ3) is 13.7. The van der Waals surface area contributed by atoms with E-state index in [1.165, 1.54) is 0 Å². The highest BCUT2D eigenvalue weighted by Gasteiger charge is 2.27. The number of hydrogen-bond donors (Lipinski definition) is 0. The van der Waals surface area contributed by atoms with Crippen LogP contribution in [0.25, 0.3) is 0 Å². The summed E-state index contributed by atoms with van der Waals surface area (Å²) in [5, 5.41) is 0. The SMILES string of the molecule is CC.CCC(=Nc1ccc(OCCC(C)N(CCN(CC)C(=O)OCc2ccccc2)C(=O)OC(C)(C)C)cc1)OC. The lowest BCUT2D eigenvalue weighted by molar-refractivity contribution is 0.0131. The molecule has 2 rings (SSSR count). The summed E-state index contributed by atoms with van der Waals surface area (Å²) in [6.07, 6.45) is 0.440. The average molecular weight is 586 g/mol. The number of rotatable bonds is 13. The molecule has 234 valence electrons. The Balaban J connectivity index is 0.00000431. The molecule has 1 atom stereocenters. The molecule has 2 amide bonds. The highest BCUT2D eigenvalue weighted by atomic mass is 16.6. The van der Waals surface area contributed by atoms with Crippen molar-refractivity contribution in [2.45, 2.75) is 86.5 Å². The first-order valence-electron chi connectivity index (χ1n) is 14.9. The van der Waals surface area contributed by atoms with Gasteiger partial charge in [0.1, 0.15) is 18.0 Å². The van der Waals surface area contributed by atoms with Crippen LogP contribution in [-0.2, 0) is 20.8 Å². The van der Waals surface area contributed by atoms with Gasteiger partial charge in [-0.05, 0) is 64.4 Å². The maximum absolute atomic E-state index is 13.1. The molecule has 0 aliphatic carbocycles. The topological polar surface area (TPSA) is 89.9 Å². The third-order valence-electron chi connectivity index (χ3n) is 6.05. The Morgan fingerprint density at radius 3 is 2.12 bits per heavy atom. The monoisotopic (exact) mass is 585 g/mol.